The van der Waals surface area contributed by atoms with Crippen LogP contribution in [0, 0.1) is 0 Å². The van der Waals surface area contributed by atoms with Gasteiger partial charge in [0.05, 0.1) is 0 Å². The molecule has 20 heavy (non-hydrogen) atoms. The number of nitrogens with one attached hydrogen (secondary N) is 1. The largest absolute Gasteiger partial charge is 0.313 e. The fourth-order valence-electron chi connectivity index (χ4n) is 2.54. The van der Waals surface area contributed by atoms with Crippen LogP contribution in [0.25, 0.3) is 10.8 Å². The molecule has 3 aromatic rings. The zero-order valence-electron chi connectivity index (χ0n) is 11.6. The fraction of sp³-hybridized carbons (Fsp3) is 0.167. The van der Waals surface area contributed by atoms with Crippen molar-refractivity contribution in [2.24, 2.45) is 0 Å². The first-order valence-corrected chi connectivity index (χ1v) is 6.93. The lowest BCUT2D eigenvalue weighted by atomic mass is 9.98. The molecule has 0 aliphatic rings. The monoisotopic (exact) mass is 262 g/mol. The molecule has 0 radical (unpaired) electrons. The Morgan fingerprint density at radius 3 is 2.50 bits per heavy atom. The molecule has 1 heterocycles. The molecule has 100 valence electrons. The van der Waals surface area contributed by atoms with Crippen molar-refractivity contribution in [1.82, 2.24) is 10.3 Å². The number of rotatable bonds is 4. The van der Waals surface area contributed by atoms with E-state index in [1.807, 2.05) is 25.4 Å². The average Bonchev–Trinajstić information content (AvgIpc) is 2.53. The standard InChI is InChI=1S/C18H18N2/c1-19-18(13-17-8-4-5-11-20-17)16-10-9-14-6-2-3-7-15(14)12-16/h2-12,18-19H,13H2,1H3. The van der Waals surface area contributed by atoms with Crippen molar-refractivity contribution in [3.8, 4) is 0 Å². The quantitative estimate of drug-likeness (QED) is 0.774. The molecule has 2 aromatic carbocycles. The van der Waals surface area contributed by atoms with E-state index in [1.165, 1.54) is 16.3 Å². The van der Waals surface area contributed by atoms with E-state index in [0.717, 1.165) is 12.1 Å². The zero-order chi connectivity index (χ0) is 13.8. The van der Waals surface area contributed by atoms with Gasteiger partial charge in [0.1, 0.15) is 0 Å². The Hall–Kier alpha value is -2.19. The molecule has 0 spiro atoms. The maximum absolute atomic E-state index is 4.41. The molecule has 0 aliphatic heterocycles. The van der Waals surface area contributed by atoms with Crippen molar-refractivity contribution in [2.45, 2.75) is 12.5 Å². The maximum Gasteiger partial charge on any atom is 0.0422 e. The van der Waals surface area contributed by atoms with E-state index in [9.17, 15) is 0 Å². The molecule has 0 bridgehead atoms. The zero-order valence-corrected chi connectivity index (χ0v) is 11.6. The number of hydrogen-bond donors (Lipinski definition) is 1. The van der Waals surface area contributed by atoms with Crippen LogP contribution < -0.4 is 5.32 Å². The summed E-state index contributed by atoms with van der Waals surface area (Å²) in [7, 11) is 2.00. The number of pyridine rings is 1. The molecule has 1 N–H and O–H groups in total. The van der Waals surface area contributed by atoms with Crippen LogP contribution in [0.4, 0.5) is 0 Å². The number of likely N-dealkylation sites (N-methyl/N-ethyl adjacent to an activating group) is 1. The van der Waals surface area contributed by atoms with E-state index >= 15 is 0 Å². The lowest BCUT2D eigenvalue weighted by molar-refractivity contribution is 0.585. The number of fused-ring (bicyclic) bond motifs is 1. The van der Waals surface area contributed by atoms with Crippen LogP contribution in [0.15, 0.2) is 66.9 Å². The summed E-state index contributed by atoms with van der Waals surface area (Å²) in [5.41, 5.74) is 2.41. The Bertz CT molecular complexity index is 692. The number of hydrogen-bond acceptors (Lipinski definition) is 2. The molecule has 0 aliphatic carbocycles. The van der Waals surface area contributed by atoms with Crippen molar-refractivity contribution in [1.29, 1.82) is 0 Å². The molecule has 0 fully saturated rings. The first-order chi connectivity index (χ1) is 9.86. The smallest absolute Gasteiger partial charge is 0.0422 e. The van der Waals surface area contributed by atoms with Crippen LogP contribution in [-0.4, -0.2) is 12.0 Å². The van der Waals surface area contributed by atoms with Crippen LogP contribution in [0.3, 0.4) is 0 Å². The Morgan fingerprint density at radius 1 is 0.950 bits per heavy atom. The first kappa shape index (κ1) is 12.8. The maximum atomic E-state index is 4.41. The van der Waals surface area contributed by atoms with Crippen molar-refractivity contribution in [3.63, 3.8) is 0 Å². The van der Waals surface area contributed by atoms with Gasteiger partial charge < -0.3 is 5.32 Å². The second kappa shape index (κ2) is 5.85. The lowest BCUT2D eigenvalue weighted by Crippen LogP contribution is -2.19. The third kappa shape index (κ3) is 2.70. The predicted molar refractivity (Wildman–Crippen MR) is 83.7 cm³/mol. The summed E-state index contributed by atoms with van der Waals surface area (Å²) in [6.07, 6.45) is 2.75. The average molecular weight is 262 g/mol. The lowest BCUT2D eigenvalue weighted by Gasteiger charge is -2.17. The minimum absolute atomic E-state index is 0.287. The summed E-state index contributed by atoms with van der Waals surface area (Å²) in [6, 6.07) is 21.5. The number of benzene rings is 2. The van der Waals surface area contributed by atoms with Gasteiger partial charge in [0.15, 0.2) is 0 Å². The highest BCUT2D eigenvalue weighted by molar-refractivity contribution is 5.83. The minimum atomic E-state index is 0.287. The van der Waals surface area contributed by atoms with Crippen LogP contribution >= 0.6 is 0 Å². The highest BCUT2D eigenvalue weighted by atomic mass is 14.9. The van der Waals surface area contributed by atoms with Gasteiger partial charge in [-0.3, -0.25) is 4.98 Å². The summed E-state index contributed by atoms with van der Waals surface area (Å²) >= 11 is 0. The Morgan fingerprint density at radius 2 is 1.75 bits per heavy atom. The van der Waals surface area contributed by atoms with Crippen LogP contribution in [-0.2, 0) is 6.42 Å². The van der Waals surface area contributed by atoms with Gasteiger partial charge >= 0.3 is 0 Å². The van der Waals surface area contributed by atoms with Crippen LogP contribution in [0.2, 0.25) is 0 Å². The second-order valence-corrected chi connectivity index (χ2v) is 4.97. The third-order valence-electron chi connectivity index (χ3n) is 3.66. The van der Waals surface area contributed by atoms with Gasteiger partial charge in [0.2, 0.25) is 0 Å². The Kier molecular flexibility index (Phi) is 3.75. The summed E-state index contributed by atoms with van der Waals surface area (Å²) in [5, 5.41) is 5.96. The van der Waals surface area contributed by atoms with Gasteiger partial charge in [-0.2, -0.15) is 0 Å². The minimum Gasteiger partial charge on any atom is -0.313 e. The summed E-state index contributed by atoms with van der Waals surface area (Å²) in [5.74, 6) is 0. The molecular weight excluding hydrogens is 244 g/mol. The highest BCUT2D eigenvalue weighted by Crippen LogP contribution is 2.22. The normalized spacial score (nSPS) is 12.4. The van der Waals surface area contributed by atoms with Crippen LogP contribution in [0.5, 0.6) is 0 Å². The van der Waals surface area contributed by atoms with Gasteiger partial charge in [-0.25, -0.2) is 0 Å². The van der Waals surface area contributed by atoms with Gasteiger partial charge in [-0.1, -0.05) is 42.5 Å². The van der Waals surface area contributed by atoms with E-state index in [2.05, 4.69) is 58.8 Å². The molecule has 2 nitrogen and oxygen atoms in total. The van der Waals surface area contributed by atoms with E-state index < -0.39 is 0 Å². The molecule has 0 saturated heterocycles. The Labute approximate surface area is 119 Å². The predicted octanol–water partition coefficient (Wildman–Crippen LogP) is 3.74. The Balaban J connectivity index is 1.91. The molecule has 3 rings (SSSR count). The van der Waals surface area contributed by atoms with Gasteiger partial charge in [0, 0.05) is 24.4 Å². The van der Waals surface area contributed by atoms with E-state index in [0.29, 0.717) is 0 Å². The fourth-order valence-corrected chi connectivity index (χ4v) is 2.54. The van der Waals surface area contributed by atoms with Crippen molar-refractivity contribution in [3.05, 3.63) is 78.1 Å². The molecule has 0 saturated carbocycles. The van der Waals surface area contributed by atoms with E-state index in [4.69, 9.17) is 0 Å². The van der Waals surface area contributed by atoms with Crippen molar-refractivity contribution < 1.29 is 0 Å². The van der Waals surface area contributed by atoms with Gasteiger partial charge in [-0.05, 0) is 41.6 Å². The SMILES string of the molecule is CNC(Cc1ccccn1)c1ccc2ccccc2c1. The third-order valence-corrected chi connectivity index (χ3v) is 3.66. The number of aromatic nitrogens is 1. The first-order valence-electron chi connectivity index (χ1n) is 6.93. The van der Waals surface area contributed by atoms with Crippen LogP contribution in [0.1, 0.15) is 17.3 Å². The highest BCUT2D eigenvalue weighted by Gasteiger charge is 2.11. The van der Waals surface area contributed by atoms with Crippen molar-refractivity contribution >= 4 is 10.8 Å². The number of nitrogens with zero attached hydrogens (tertiary/aromatic N) is 1. The summed E-state index contributed by atoms with van der Waals surface area (Å²) in [6.45, 7) is 0. The second-order valence-electron chi connectivity index (χ2n) is 4.97. The van der Waals surface area contributed by atoms with Crippen molar-refractivity contribution in [2.75, 3.05) is 7.05 Å². The topological polar surface area (TPSA) is 24.9 Å². The summed E-state index contributed by atoms with van der Waals surface area (Å²) in [4.78, 5) is 4.41. The van der Waals surface area contributed by atoms with Gasteiger partial charge in [0.25, 0.3) is 0 Å². The summed E-state index contributed by atoms with van der Waals surface area (Å²) < 4.78 is 0. The molecule has 0 amide bonds. The van der Waals surface area contributed by atoms with E-state index in [-0.39, 0.29) is 6.04 Å². The molecule has 1 atom stereocenters. The molecular formula is C18H18N2. The van der Waals surface area contributed by atoms with E-state index in [1.54, 1.807) is 0 Å². The molecule has 1 aromatic heterocycles. The van der Waals surface area contributed by atoms with Gasteiger partial charge in [-0.15, -0.1) is 0 Å². The molecule has 1 unspecified atom stereocenters. The molecule has 2 heteroatoms.